The van der Waals surface area contributed by atoms with E-state index in [1.54, 1.807) is 36.1 Å². The van der Waals surface area contributed by atoms with E-state index in [0.29, 0.717) is 27.4 Å². The van der Waals surface area contributed by atoms with Gasteiger partial charge in [-0.2, -0.15) is 0 Å². The van der Waals surface area contributed by atoms with Crippen molar-refractivity contribution in [3.8, 4) is 0 Å². The first kappa shape index (κ1) is 25.9. The first-order valence-electron chi connectivity index (χ1n) is 10.1. The molecule has 0 fully saturated rings. The summed E-state index contributed by atoms with van der Waals surface area (Å²) in [6, 6.07) is 12.1. The van der Waals surface area contributed by atoms with Crippen molar-refractivity contribution in [3.05, 3.63) is 68.7 Å². The third kappa shape index (κ3) is 8.23. The summed E-state index contributed by atoms with van der Waals surface area (Å²) < 4.78 is 0. The van der Waals surface area contributed by atoms with Crippen LogP contribution in [0.3, 0.4) is 0 Å². The maximum Gasteiger partial charge on any atom is 0.242 e. The highest BCUT2D eigenvalue weighted by molar-refractivity contribution is 7.99. The van der Waals surface area contributed by atoms with Crippen LogP contribution in [0.25, 0.3) is 0 Å². The molecule has 0 saturated heterocycles. The molecule has 0 aliphatic carbocycles. The summed E-state index contributed by atoms with van der Waals surface area (Å²) in [5, 5.41) is 4.74. The molecule has 0 unspecified atom stereocenters. The summed E-state index contributed by atoms with van der Waals surface area (Å²) in [7, 11) is 0. The van der Waals surface area contributed by atoms with Crippen LogP contribution < -0.4 is 5.32 Å². The topological polar surface area (TPSA) is 49.4 Å². The van der Waals surface area contributed by atoms with Crippen LogP contribution in [0, 0.1) is 0 Å². The monoisotopic (exact) mass is 500 g/mol. The fourth-order valence-electron chi connectivity index (χ4n) is 2.80. The number of benzene rings is 2. The van der Waals surface area contributed by atoms with Gasteiger partial charge in [0.2, 0.25) is 11.8 Å². The van der Waals surface area contributed by atoms with E-state index in [9.17, 15) is 9.59 Å². The van der Waals surface area contributed by atoms with Crippen molar-refractivity contribution in [3.63, 3.8) is 0 Å². The molecule has 0 spiro atoms. The molecule has 0 bridgehead atoms. The fourth-order valence-corrected chi connectivity index (χ4v) is 4.40. The van der Waals surface area contributed by atoms with E-state index in [2.05, 4.69) is 5.32 Å². The number of thioether (sulfide) groups is 1. The zero-order valence-corrected chi connectivity index (χ0v) is 20.9. The molecule has 2 rings (SSSR count). The Bertz CT molecular complexity index is 893. The molecule has 8 heteroatoms. The second kappa shape index (κ2) is 12.6. The first-order valence-corrected chi connectivity index (χ1v) is 12.4. The van der Waals surface area contributed by atoms with E-state index in [-0.39, 0.29) is 23.6 Å². The molecule has 2 aromatic carbocycles. The number of nitrogens with zero attached hydrogens (tertiary/aromatic N) is 1. The molecular weight excluding hydrogens is 475 g/mol. The molecule has 0 saturated carbocycles. The lowest BCUT2D eigenvalue weighted by Gasteiger charge is -2.29. The molecule has 2 amide bonds. The van der Waals surface area contributed by atoms with E-state index < -0.39 is 6.04 Å². The molecular formula is C23H27Cl3N2O2S. The Balaban J connectivity index is 2.08. The van der Waals surface area contributed by atoms with Gasteiger partial charge in [0.05, 0.1) is 5.75 Å². The van der Waals surface area contributed by atoms with Gasteiger partial charge in [0.1, 0.15) is 6.04 Å². The van der Waals surface area contributed by atoms with Crippen LogP contribution in [0.2, 0.25) is 15.1 Å². The highest BCUT2D eigenvalue weighted by atomic mass is 35.5. The van der Waals surface area contributed by atoms with Crippen molar-refractivity contribution in [2.75, 3.05) is 5.75 Å². The third-order valence-electron chi connectivity index (χ3n) is 4.93. The average molecular weight is 502 g/mol. The van der Waals surface area contributed by atoms with Crippen molar-refractivity contribution >= 4 is 58.4 Å². The van der Waals surface area contributed by atoms with Crippen molar-refractivity contribution in [1.29, 1.82) is 0 Å². The third-order valence-corrected chi connectivity index (χ3v) is 6.74. The van der Waals surface area contributed by atoms with Crippen molar-refractivity contribution < 1.29 is 9.59 Å². The fraction of sp³-hybridized carbons (Fsp3) is 0.391. The quantitative estimate of drug-likeness (QED) is 0.421. The van der Waals surface area contributed by atoms with Crippen molar-refractivity contribution in [1.82, 2.24) is 10.2 Å². The zero-order chi connectivity index (χ0) is 23.0. The van der Waals surface area contributed by atoms with E-state index in [1.165, 1.54) is 11.8 Å². The summed E-state index contributed by atoms with van der Waals surface area (Å²) in [6.45, 7) is 6.03. The number of carbonyl (C=O) groups is 2. The molecule has 0 aliphatic rings. The van der Waals surface area contributed by atoms with Gasteiger partial charge in [-0.25, -0.2) is 0 Å². The number of hydrogen-bond donors (Lipinski definition) is 1. The zero-order valence-electron chi connectivity index (χ0n) is 17.8. The molecule has 31 heavy (non-hydrogen) atoms. The highest BCUT2D eigenvalue weighted by Gasteiger charge is 2.26. The lowest BCUT2D eigenvalue weighted by Crippen LogP contribution is -2.50. The highest BCUT2D eigenvalue weighted by Crippen LogP contribution is 2.25. The molecule has 0 heterocycles. The van der Waals surface area contributed by atoms with Gasteiger partial charge in [-0.3, -0.25) is 9.59 Å². The molecule has 0 aromatic heterocycles. The minimum Gasteiger partial charge on any atom is -0.352 e. The van der Waals surface area contributed by atoms with Crippen LogP contribution in [0.1, 0.15) is 38.3 Å². The maximum absolute atomic E-state index is 13.1. The number of carbonyl (C=O) groups excluding carboxylic acids is 2. The average Bonchev–Trinajstić information content (AvgIpc) is 2.74. The van der Waals surface area contributed by atoms with Gasteiger partial charge >= 0.3 is 0 Å². The van der Waals surface area contributed by atoms with E-state index in [4.69, 9.17) is 34.8 Å². The number of nitrogens with one attached hydrogen (secondary N) is 1. The molecule has 0 aliphatic heterocycles. The molecule has 0 radical (unpaired) electrons. The van der Waals surface area contributed by atoms with Crippen molar-refractivity contribution in [2.24, 2.45) is 0 Å². The number of hydrogen-bond acceptors (Lipinski definition) is 3. The lowest BCUT2D eigenvalue weighted by molar-refractivity contribution is -0.138. The van der Waals surface area contributed by atoms with Gasteiger partial charge < -0.3 is 10.2 Å². The predicted molar refractivity (Wildman–Crippen MR) is 132 cm³/mol. The SMILES string of the molecule is CC[C@H](C)NC(=O)[C@@H](C)N(Cc1ccc(Cl)cc1)C(=O)CSCc1ccc(Cl)cc1Cl. The summed E-state index contributed by atoms with van der Waals surface area (Å²) in [5.74, 6) is 0.525. The summed E-state index contributed by atoms with van der Waals surface area (Å²) >= 11 is 19.6. The summed E-state index contributed by atoms with van der Waals surface area (Å²) in [4.78, 5) is 27.4. The Labute approximate surface area is 203 Å². The van der Waals surface area contributed by atoms with Gasteiger partial charge in [0, 0.05) is 33.4 Å². The standard InChI is InChI=1S/C23H27Cl3N2O2S/c1-4-15(2)27-23(30)16(3)28(12-17-5-8-19(24)9-6-17)22(29)14-31-13-18-7-10-20(25)11-21(18)26/h5-11,15-16H,4,12-14H2,1-3H3,(H,27,30)/t15-,16+/m0/s1. The number of amides is 2. The normalized spacial score (nSPS) is 12.8. The van der Waals surface area contributed by atoms with Crippen LogP contribution in [-0.4, -0.2) is 34.6 Å². The van der Waals surface area contributed by atoms with Gasteiger partial charge in [0.15, 0.2) is 0 Å². The van der Waals surface area contributed by atoms with Crippen LogP contribution in [0.4, 0.5) is 0 Å². The van der Waals surface area contributed by atoms with Gasteiger partial charge in [0.25, 0.3) is 0 Å². The second-order valence-electron chi connectivity index (χ2n) is 7.37. The van der Waals surface area contributed by atoms with Crippen LogP contribution in [0.5, 0.6) is 0 Å². The van der Waals surface area contributed by atoms with Crippen LogP contribution in [-0.2, 0) is 21.9 Å². The summed E-state index contributed by atoms with van der Waals surface area (Å²) in [5.41, 5.74) is 1.82. The van der Waals surface area contributed by atoms with Gasteiger partial charge in [-0.05, 0) is 55.7 Å². The minimum atomic E-state index is -0.600. The molecule has 168 valence electrons. The Morgan fingerprint density at radius 1 is 1.03 bits per heavy atom. The number of halogens is 3. The van der Waals surface area contributed by atoms with Crippen LogP contribution in [0.15, 0.2) is 42.5 Å². The second-order valence-corrected chi connectivity index (χ2v) is 9.64. The van der Waals surface area contributed by atoms with E-state index in [1.807, 2.05) is 32.0 Å². The molecule has 2 aromatic rings. The Morgan fingerprint density at radius 2 is 1.68 bits per heavy atom. The van der Waals surface area contributed by atoms with Crippen LogP contribution >= 0.6 is 46.6 Å². The molecule has 2 atom stereocenters. The van der Waals surface area contributed by atoms with Gasteiger partial charge in [-0.1, -0.05) is 59.9 Å². The predicted octanol–water partition coefficient (Wildman–Crippen LogP) is 6.21. The van der Waals surface area contributed by atoms with E-state index in [0.717, 1.165) is 17.5 Å². The van der Waals surface area contributed by atoms with E-state index >= 15 is 0 Å². The lowest BCUT2D eigenvalue weighted by atomic mass is 10.1. The molecule has 4 nitrogen and oxygen atoms in total. The smallest absolute Gasteiger partial charge is 0.242 e. The summed E-state index contributed by atoms with van der Waals surface area (Å²) in [6.07, 6.45) is 0.821. The van der Waals surface area contributed by atoms with Crippen molar-refractivity contribution in [2.45, 2.75) is 51.6 Å². The Morgan fingerprint density at radius 3 is 2.29 bits per heavy atom. The number of rotatable bonds is 10. The van der Waals surface area contributed by atoms with Gasteiger partial charge in [-0.15, -0.1) is 11.8 Å². The first-order chi connectivity index (χ1) is 14.7. The Kier molecular flexibility index (Phi) is 10.5. The Hall–Kier alpha value is -1.40. The minimum absolute atomic E-state index is 0.0452. The maximum atomic E-state index is 13.1. The largest absolute Gasteiger partial charge is 0.352 e. The molecule has 1 N–H and O–H groups in total.